The van der Waals surface area contributed by atoms with E-state index in [-0.39, 0.29) is 12.0 Å². The SMILES string of the molecule is O=c1[nH]c(C(C[C@H]2CC[C@H](O)CC2)c2ccc(SC3CC3)cc2)ccc1C(F)(F)F. The second kappa shape index (κ2) is 8.79. The van der Waals surface area contributed by atoms with Gasteiger partial charge in [0.2, 0.25) is 0 Å². The van der Waals surface area contributed by atoms with Gasteiger partial charge in [-0.1, -0.05) is 12.1 Å². The minimum Gasteiger partial charge on any atom is -0.393 e. The maximum atomic E-state index is 13.0. The first-order chi connectivity index (χ1) is 14.3. The van der Waals surface area contributed by atoms with Gasteiger partial charge in [0.1, 0.15) is 5.56 Å². The van der Waals surface area contributed by atoms with Crippen LogP contribution in [0.1, 0.15) is 67.7 Å². The topological polar surface area (TPSA) is 53.1 Å². The first kappa shape index (κ1) is 21.5. The summed E-state index contributed by atoms with van der Waals surface area (Å²) in [4.78, 5) is 15.8. The van der Waals surface area contributed by atoms with Crippen molar-refractivity contribution in [3.63, 3.8) is 0 Å². The fraction of sp³-hybridized carbons (Fsp3) is 0.522. The zero-order chi connectivity index (χ0) is 21.3. The Morgan fingerprint density at radius 3 is 2.23 bits per heavy atom. The van der Waals surface area contributed by atoms with E-state index in [0.717, 1.165) is 43.7 Å². The number of aliphatic hydroxyl groups excluding tert-OH is 1. The number of benzene rings is 1. The van der Waals surface area contributed by atoms with Crippen molar-refractivity contribution in [3.05, 3.63) is 63.6 Å². The summed E-state index contributed by atoms with van der Waals surface area (Å²) in [5, 5.41) is 10.5. The Morgan fingerprint density at radius 1 is 1.00 bits per heavy atom. The molecule has 162 valence electrons. The van der Waals surface area contributed by atoms with E-state index in [1.54, 1.807) is 0 Å². The summed E-state index contributed by atoms with van der Waals surface area (Å²) in [6.07, 6.45) is 1.58. The lowest BCUT2D eigenvalue weighted by molar-refractivity contribution is -0.138. The predicted octanol–water partition coefficient (Wildman–Crippen LogP) is 5.72. The third-order valence-corrected chi connectivity index (χ3v) is 7.46. The molecule has 2 aliphatic rings. The molecule has 1 aromatic carbocycles. The van der Waals surface area contributed by atoms with Crippen LogP contribution in [0.15, 0.2) is 46.1 Å². The standard InChI is InChI=1S/C23H26F3NO2S/c24-23(25,26)20-11-12-21(27-22(20)29)19(13-14-1-5-16(28)6-2-14)15-3-7-17(8-4-15)30-18-9-10-18/h3-4,7-8,11-12,14,16,18-19,28H,1-2,5-6,9-10,13H2,(H,27,29)/t14-,16-,19?. The van der Waals surface area contributed by atoms with Crippen molar-refractivity contribution in [2.75, 3.05) is 0 Å². The van der Waals surface area contributed by atoms with Crippen LogP contribution in [0.4, 0.5) is 13.2 Å². The summed E-state index contributed by atoms with van der Waals surface area (Å²) in [7, 11) is 0. The predicted molar refractivity (Wildman–Crippen MR) is 112 cm³/mol. The molecule has 0 aliphatic heterocycles. The van der Waals surface area contributed by atoms with Crippen molar-refractivity contribution in [1.82, 2.24) is 4.98 Å². The molecule has 4 rings (SSSR count). The number of hydrogen-bond donors (Lipinski definition) is 2. The molecule has 1 unspecified atom stereocenters. The summed E-state index contributed by atoms with van der Waals surface area (Å²) in [6.45, 7) is 0. The van der Waals surface area contributed by atoms with Gasteiger partial charge in [-0.2, -0.15) is 13.2 Å². The van der Waals surface area contributed by atoms with E-state index in [4.69, 9.17) is 0 Å². The molecule has 7 heteroatoms. The van der Waals surface area contributed by atoms with Crippen molar-refractivity contribution in [2.24, 2.45) is 5.92 Å². The Bertz CT molecular complexity index is 913. The molecule has 0 saturated heterocycles. The first-order valence-electron chi connectivity index (χ1n) is 10.5. The molecule has 0 radical (unpaired) electrons. The zero-order valence-electron chi connectivity index (χ0n) is 16.6. The van der Waals surface area contributed by atoms with Crippen molar-refractivity contribution in [3.8, 4) is 0 Å². The molecular formula is C23H26F3NO2S. The lowest BCUT2D eigenvalue weighted by Gasteiger charge is -2.29. The largest absolute Gasteiger partial charge is 0.421 e. The first-order valence-corrected chi connectivity index (χ1v) is 11.4. The summed E-state index contributed by atoms with van der Waals surface area (Å²) >= 11 is 1.86. The van der Waals surface area contributed by atoms with Crippen LogP contribution in [0.3, 0.4) is 0 Å². The lowest BCUT2D eigenvalue weighted by atomic mass is 9.78. The van der Waals surface area contributed by atoms with Crippen LogP contribution in [0, 0.1) is 5.92 Å². The number of hydrogen-bond acceptors (Lipinski definition) is 3. The molecule has 2 fully saturated rings. The van der Waals surface area contributed by atoms with Crippen LogP contribution in [-0.2, 0) is 6.18 Å². The van der Waals surface area contributed by atoms with Gasteiger partial charge in [-0.05, 0) is 80.7 Å². The highest BCUT2D eigenvalue weighted by Crippen LogP contribution is 2.41. The lowest BCUT2D eigenvalue weighted by Crippen LogP contribution is -2.24. The van der Waals surface area contributed by atoms with Crippen molar-refractivity contribution in [2.45, 2.75) is 73.3 Å². The van der Waals surface area contributed by atoms with Crippen LogP contribution in [-0.4, -0.2) is 21.4 Å². The van der Waals surface area contributed by atoms with Gasteiger partial charge in [0.25, 0.3) is 5.56 Å². The number of nitrogens with one attached hydrogen (secondary N) is 1. The Balaban J connectivity index is 1.61. The van der Waals surface area contributed by atoms with E-state index in [1.165, 1.54) is 23.8 Å². The number of alkyl halides is 3. The van der Waals surface area contributed by atoms with Gasteiger partial charge in [-0.3, -0.25) is 4.79 Å². The molecule has 0 spiro atoms. The molecule has 2 aliphatic carbocycles. The second-order valence-corrected chi connectivity index (χ2v) is 9.88. The summed E-state index contributed by atoms with van der Waals surface area (Å²) < 4.78 is 39.1. The van der Waals surface area contributed by atoms with Gasteiger partial charge in [-0.15, -0.1) is 11.8 Å². The van der Waals surface area contributed by atoms with Gasteiger partial charge in [0.05, 0.1) is 6.10 Å². The van der Waals surface area contributed by atoms with Gasteiger partial charge < -0.3 is 10.1 Å². The van der Waals surface area contributed by atoms with E-state index >= 15 is 0 Å². The van der Waals surface area contributed by atoms with Gasteiger partial charge in [-0.25, -0.2) is 0 Å². The average Bonchev–Trinajstić information content (AvgIpc) is 3.51. The smallest absolute Gasteiger partial charge is 0.393 e. The highest BCUT2D eigenvalue weighted by Gasteiger charge is 2.34. The molecule has 1 atom stereocenters. The quantitative estimate of drug-likeness (QED) is 0.608. The fourth-order valence-corrected chi connectivity index (χ4v) is 5.28. The Hall–Kier alpha value is -1.73. The molecule has 2 N–H and O–H groups in total. The van der Waals surface area contributed by atoms with Crippen LogP contribution in [0.5, 0.6) is 0 Å². The number of aromatic amines is 1. The highest BCUT2D eigenvalue weighted by molar-refractivity contribution is 8.00. The van der Waals surface area contributed by atoms with Crippen LogP contribution < -0.4 is 5.56 Å². The molecule has 0 amide bonds. The van der Waals surface area contributed by atoms with Gasteiger partial charge in [0, 0.05) is 21.8 Å². The fourth-order valence-electron chi connectivity index (χ4n) is 4.23. The number of rotatable bonds is 6. The number of H-pyrrole nitrogens is 1. The molecule has 2 aromatic rings. The molecule has 1 aromatic heterocycles. The van der Waals surface area contributed by atoms with Crippen LogP contribution >= 0.6 is 11.8 Å². The molecule has 30 heavy (non-hydrogen) atoms. The number of halogens is 3. The van der Waals surface area contributed by atoms with E-state index < -0.39 is 17.3 Å². The van der Waals surface area contributed by atoms with E-state index in [2.05, 4.69) is 17.1 Å². The van der Waals surface area contributed by atoms with Crippen molar-refractivity contribution < 1.29 is 18.3 Å². The molecular weight excluding hydrogens is 411 g/mol. The summed E-state index contributed by atoms with van der Waals surface area (Å²) in [5.74, 6) is 0.185. The number of thioether (sulfide) groups is 1. The normalized spacial score (nSPS) is 23.3. The molecule has 1 heterocycles. The molecule has 2 saturated carbocycles. The van der Waals surface area contributed by atoms with Gasteiger partial charge >= 0.3 is 6.18 Å². The number of pyridine rings is 1. The molecule has 3 nitrogen and oxygen atoms in total. The Morgan fingerprint density at radius 2 is 1.67 bits per heavy atom. The monoisotopic (exact) mass is 437 g/mol. The Labute approximate surface area is 178 Å². The van der Waals surface area contributed by atoms with E-state index in [0.29, 0.717) is 16.9 Å². The second-order valence-electron chi connectivity index (χ2n) is 8.50. The highest BCUT2D eigenvalue weighted by atomic mass is 32.2. The van der Waals surface area contributed by atoms with Gasteiger partial charge in [0.15, 0.2) is 0 Å². The molecule has 0 bridgehead atoms. The third-order valence-electron chi connectivity index (χ3n) is 6.11. The summed E-state index contributed by atoms with van der Waals surface area (Å²) in [5.41, 5.74) is -0.745. The maximum absolute atomic E-state index is 13.0. The number of aromatic nitrogens is 1. The minimum absolute atomic E-state index is 0.180. The van der Waals surface area contributed by atoms with Crippen LogP contribution in [0.2, 0.25) is 0 Å². The van der Waals surface area contributed by atoms with E-state index in [9.17, 15) is 23.1 Å². The third kappa shape index (κ3) is 5.30. The summed E-state index contributed by atoms with van der Waals surface area (Å²) in [6, 6.07) is 10.5. The Kier molecular flexibility index (Phi) is 6.30. The minimum atomic E-state index is -4.66. The van der Waals surface area contributed by atoms with Crippen molar-refractivity contribution >= 4 is 11.8 Å². The maximum Gasteiger partial charge on any atom is 0.421 e. The average molecular weight is 438 g/mol. The van der Waals surface area contributed by atoms with E-state index in [1.807, 2.05) is 23.9 Å². The van der Waals surface area contributed by atoms with Crippen molar-refractivity contribution in [1.29, 1.82) is 0 Å². The number of aliphatic hydroxyl groups is 1. The zero-order valence-corrected chi connectivity index (χ0v) is 17.4. The van der Waals surface area contributed by atoms with Crippen LogP contribution in [0.25, 0.3) is 0 Å².